The average molecular weight is 321 g/mol. The van der Waals surface area contributed by atoms with E-state index < -0.39 is 26.3 Å². The Labute approximate surface area is 120 Å². The van der Waals surface area contributed by atoms with E-state index in [0.717, 1.165) is 12.5 Å². The molecule has 21 heavy (non-hydrogen) atoms. The molecule has 1 aliphatic heterocycles. The van der Waals surface area contributed by atoms with Gasteiger partial charge in [-0.05, 0) is 31.4 Å². The molecule has 1 aromatic carbocycles. The molecular formula is C13H14F3NO3S. The van der Waals surface area contributed by atoms with Gasteiger partial charge in [0.2, 0.25) is 0 Å². The predicted octanol–water partition coefficient (Wildman–Crippen LogP) is 2.54. The number of sulfone groups is 1. The third kappa shape index (κ3) is 2.90. The third-order valence-electron chi connectivity index (χ3n) is 3.48. The minimum atomic E-state index is -5.45. The first kappa shape index (κ1) is 15.8. The molecule has 1 aromatic rings. The fourth-order valence-electron chi connectivity index (χ4n) is 2.44. The van der Waals surface area contributed by atoms with Crippen LogP contribution in [-0.4, -0.2) is 32.8 Å². The van der Waals surface area contributed by atoms with Crippen LogP contribution in [-0.2, 0) is 14.6 Å². The Bertz CT molecular complexity index is 628. The first-order valence-corrected chi connectivity index (χ1v) is 7.89. The molecule has 2 rings (SSSR count). The zero-order valence-electron chi connectivity index (χ0n) is 11.0. The van der Waals surface area contributed by atoms with Crippen molar-refractivity contribution in [1.29, 1.82) is 0 Å². The van der Waals surface area contributed by atoms with Gasteiger partial charge in [0.1, 0.15) is 6.29 Å². The molecule has 0 amide bonds. The molecule has 116 valence electrons. The van der Waals surface area contributed by atoms with Crippen molar-refractivity contribution in [3.8, 4) is 0 Å². The lowest BCUT2D eigenvalue weighted by atomic mass is 10.0. The summed E-state index contributed by atoms with van der Waals surface area (Å²) in [6.45, 7) is 0.355. The lowest BCUT2D eigenvalue weighted by molar-refractivity contribution is -0.109. The van der Waals surface area contributed by atoms with E-state index in [4.69, 9.17) is 0 Å². The standard InChI is InChI=1S/C13H14F3NO3S/c14-13(15,16)21(19,20)12-7-2-1-6-11(12)17-8-4-3-5-10(17)9-18/h1-2,6-7,9-10H,3-5,8H2. The monoisotopic (exact) mass is 321 g/mol. The van der Waals surface area contributed by atoms with Crippen molar-refractivity contribution in [2.45, 2.75) is 35.7 Å². The summed E-state index contributed by atoms with van der Waals surface area (Å²) < 4.78 is 61.7. The van der Waals surface area contributed by atoms with Crippen LogP contribution in [0.5, 0.6) is 0 Å². The molecular weight excluding hydrogens is 307 g/mol. The summed E-state index contributed by atoms with van der Waals surface area (Å²) in [5.41, 5.74) is -5.43. The van der Waals surface area contributed by atoms with Gasteiger partial charge in [0.15, 0.2) is 0 Å². The fourth-order valence-corrected chi connectivity index (χ4v) is 3.41. The number of carbonyl (C=O) groups excluding carboxylic acids is 1. The number of rotatable bonds is 3. The molecule has 1 fully saturated rings. The number of piperidine rings is 1. The molecule has 1 heterocycles. The van der Waals surface area contributed by atoms with Gasteiger partial charge in [-0.15, -0.1) is 0 Å². The van der Waals surface area contributed by atoms with Crippen LogP contribution in [0.4, 0.5) is 18.9 Å². The summed E-state index contributed by atoms with van der Waals surface area (Å²) in [6.07, 6.45) is 2.64. The Kier molecular flexibility index (Phi) is 4.27. The molecule has 1 saturated heterocycles. The maximum Gasteiger partial charge on any atom is 0.501 e. The smallest absolute Gasteiger partial charge is 0.361 e. The van der Waals surface area contributed by atoms with E-state index >= 15 is 0 Å². The van der Waals surface area contributed by atoms with Gasteiger partial charge < -0.3 is 9.69 Å². The van der Waals surface area contributed by atoms with E-state index in [-0.39, 0.29) is 5.69 Å². The summed E-state index contributed by atoms with van der Waals surface area (Å²) in [5, 5.41) is 0. The van der Waals surface area contributed by atoms with E-state index in [0.29, 0.717) is 25.7 Å². The number of nitrogens with zero attached hydrogens (tertiary/aromatic N) is 1. The van der Waals surface area contributed by atoms with Crippen molar-refractivity contribution >= 4 is 21.8 Å². The number of hydrogen-bond donors (Lipinski definition) is 0. The van der Waals surface area contributed by atoms with Crippen LogP contribution in [0.25, 0.3) is 0 Å². The highest BCUT2D eigenvalue weighted by Crippen LogP contribution is 2.37. The maximum atomic E-state index is 12.8. The molecule has 0 aliphatic carbocycles. The van der Waals surface area contributed by atoms with Gasteiger partial charge >= 0.3 is 5.51 Å². The largest absolute Gasteiger partial charge is 0.501 e. The normalized spacial score (nSPS) is 20.3. The van der Waals surface area contributed by atoms with Crippen LogP contribution in [0, 0.1) is 0 Å². The van der Waals surface area contributed by atoms with E-state index in [1.807, 2.05) is 0 Å². The number of para-hydroxylation sites is 1. The Balaban J connectivity index is 2.54. The van der Waals surface area contributed by atoms with Crippen LogP contribution in [0.2, 0.25) is 0 Å². The minimum absolute atomic E-state index is 0.0633. The molecule has 0 aromatic heterocycles. The van der Waals surface area contributed by atoms with E-state index in [1.165, 1.54) is 23.1 Å². The molecule has 8 heteroatoms. The Morgan fingerprint density at radius 2 is 1.86 bits per heavy atom. The van der Waals surface area contributed by atoms with Gasteiger partial charge in [-0.3, -0.25) is 0 Å². The van der Waals surface area contributed by atoms with Crippen LogP contribution in [0.3, 0.4) is 0 Å². The fraction of sp³-hybridized carbons (Fsp3) is 0.462. The summed E-state index contributed by atoms with van der Waals surface area (Å²) in [5.74, 6) is 0. The van der Waals surface area contributed by atoms with Gasteiger partial charge in [0, 0.05) is 6.54 Å². The number of hydrogen-bond acceptors (Lipinski definition) is 4. The number of benzene rings is 1. The second kappa shape index (κ2) is 5.67. The van der Waals surface area contributed by atoms with Crippen molar-refractivity contribution in [3.63, 3.8) is 0 Å². The predicted molar refractivity (Wildman–Crippen MR) is 70.7 cm³/mol. The van der Waals surface area contributed by atoms with Crippen LogP contribution in [0.1, 0.15) is 19.3 Å². The molecule has 0 spiro atoms. The van der Waals surface area contributed by atoms with Gasteiger partial charge in [-0.25, -0.2) is 8.42 Å². The highest BCUT2D eigenvalue weighted by atomic mass is 32.2. The molecule has 4 nitrogen and oxygen atoms in total. The molecule has 1 aliphatic rings. The SMILES string of the molecule is O=CC1CCCCN1c1ccccc1S(=O)(=O)C(F)(F)F. The van der Waals surface area contributed by atoms with Crippen molar-refractivity contribution in [2.24, 2.45) is 0 Å². The first-order valence-electron chi connectivity index (χ1n) is 6.41. The number of halogens is 3. The van der Waals surface area contributed by atoms with Gasteiger partial charge in [-0.2, -0.15) is 13.2 Å². The number of anilines is 1. The highest BCUT2D eigenvalue weighted by molar-refractivity contribution is 7.92. The van der Waals surface area contributed by atoms with E-state index in [2.05, 4.69) is 0 Å². The van der Waals surface area contributed by atoms with E-state index in [9.17, 15) is 26.4 Å². The van der Waals surface area contributed by atoms with Crippen LogP contribution < -0.4 is 4.90 Å². The quantitative estimate of drug-likeness (QED) is 0.803. The van der Waals surface area contributed by atoms with E-state index in [1.54, 1.807) is 0 Å². The molecule has 1 unspecified atom stereocenters. The van der Waals surface area contributed by atoms with Crippen molar-refractivity contribution in [1.82, 2.24) is 0 Å². The highest BCUT2D eigenvalue weighted by Gasteiger charge is 2.48. The second-order valence-electron chi connectivity index (χ2n) is 4.81. The lowest BCUT2D eigenvalue weighted by Crippen LogP contribution is -2.41. The maximum absolute atomic E-state index is 12.8. The van der Waals surface area contributed by atoms with Gasteiger partial charge in [-0.1, -0.05) is 12.1 Å². The Morgan fingerprint density at radius 3 is 2.48 bits per heavy atom. The van der Waals surface area contributed by atoms with Gasteiger partial charge in [0.25, 0.3) is 9.84 Å². The molecule has 0 bridgehead atoms. The van der Waals surface area contributed by atoms with Crippen molar-refractivity contribution in [2.75, 3.05) is 11.4 Å². The number of alkyl halides is 3. The second-order valence-corrected chi connectivity index (χ2v) is 6.72. The summed E-state index contributed by atoms with van der Waals surface area (Å²) in [7, 11) is -5.45. The molecule has 1 atom stereocenters. The molecule has 0 radical (unpaired) electrons. The average Bonchev–Trinajstić information content (AvgIpc) is 2.46. The lowest BCUT2D eigenvalue weighted by Gasteiger charge is -2.35. The summed E-state index contributed by atoms with van der Waals surface area (Å²) in [4.78, 5) is 11.7. The van der Waals surface area contributed by atoms with Crippen LogP contribution >= 0.6 is 0 Å². The van der Waals surface area contributed by atoms with Crippen molar-refractivity contribution in [3.05, 3.63) is 24.3 Å². The zero-order chi connectivity index (χ0) is 15.7. The number of aldehydes is 1. The summed E-state index contributed by atoms with van der Waals surface area (Å²) in [6, 6.07) is 4.33. The zero-order valence-corrected chi connectivity index (χ0v) is 11.8. The summed E-state index contributed by atoms with van der Waals surface area (Å²) >= 11 is 0. The minimum Gasteiger partial charge on any atom is -0.361 e. The Morgan fingerprint density at radius 1 is 1.19 bits per heavy atom. The number of carbonyl (C=O) groups is 1. The third-order valence-corrected chi connectivity index (χ3v) is 5.01. The first-order chi connectivity index (χ1) is 9.79. The molecule has 0 saturated carbocycles. The van der Waals surface area contributed by atoms with Crippen LogP contribution in [0.15, 0.2) is 29.2 Å². The molecule has 0 N–H and O–H groups in total. The topological polar surface area (TPSA) is 54.5 Å². The van der Waals surface area contributed by atoms with Gasteiger partial charge in [0.05, 0.1) is 16.6 Å². The Hall–Kier alpha value is -1.57. The van der Waals surface area contributed by atoms with Crippen molar-refractivity contribution < 1.29 is 26.4 Å².